The Kier molecular flexibility index (Phi) is 5.98. The first kappa shape index (κ1) is 25.0. The van der Waals surface area contributed by atoms with Crippen molar-refractivity contribution < 1.29 is 27.8 Å². The van der Waals surface area contributed by atoms with Crippen LogP contribution in [0.25, 0.3) is 0 Å². The highest BCUT2D eigenvalue weighted by atomic mass is 127. The van der Waals surface area contributed by atoms with Gasteiger partial charge in [-0.2, -0.15) is 13.2 Å². The summed E-state index contributed by atoms with van der Waals surface area (Å²) < 4.78 is 52.4. The first-order chi connectivity index (χ1) is 17.0. The predicted molar refractivity (Wildman–Crippen MR) is 135 cm³/mol. The molecule has 0 aromatic carbocycles. The van der Waals surface area contributed by atoms with Crippen LogP contribution in [0.4, 0.5) is 13.2 Å². The molecule has 5 nitrogen and oxygen atoms in total. The predicted octanol–water partition coefficient (Wildman–Crippen LogP) is 6.31. The number of fused-ring (bicyclic) bond motifs is 4. The number of ether oxygens (including phenoxy) is 2. The maximum atomic E-state index is 13.2. The second-order valence-electron chi connectivity index (χ2n) is 11.2. The number of aromatic nitrogens is 2. The van der Waals surface area contributed by atoms with Gasteiger partial charge in [0.1, 0.15) is 17.4 Å². The van der Waals surface area contributed by atoms with Crippen molar-refractivity contribution >= 4 is 22.6 Å². The van der Waals surface area contributed by atoms with Crippen LogP contribution in [0, 0.1) is 5.41 Å². The smallest absolute Gasteiger partial charge is 0.388 e. The van der Waals surface area contributed by atoms with E-state index >= 15 is 0 Å². The van der Waals surface area contributed by atoms with Crippen molar-refractivity contribution in [2.24, 2.45) is 5.41 Å². The molecule has 194 valence electrons. The highest BCUT2D eigenvalue weighted by Gasteiger charge is 2.56. The van der Waals surface area contributed by atoms with Crippen molar-refractivity contribution in [2.75, 3.05) is 13.2 Å². The van der Waals surface area contributed by atoms with E-state index < -0.39 is 29.7 Å². The summed E-state index contributed by atoms with van der Waals surface area (Å²) in [5.74, 6) is 0.0802. The number of hydrogen-bond acceptors (Lipinski definition) is 5. The number of pyridine rings is 2. The quantitative estimate of drug-likeness (QED) is 0.318. The second-order valence-corrected chi connectivity index (χ2v) is 12.7. The topological polar surface area (TPSA) is 64.5 Å². The van der Waals surface area contributed by atoms with Crippen LogP contribution in [0.15, 0.2) is 18.3 Å². The summed E-state index contributed by atoms with van der Waals surface area (Å²) in [7, 11) is 0. The first-order valence-corrected chi connectivity index (χ1v) is 14.0. The van der Waals surface area contributed by atoms with Crippen molar-refractivity contribution in [1.82, 2.24) is 9.97 Å². The molecule has 2 aromatic rings. The lowest BCUT2D eigenvalue weighted by Crippen LogP contribution is -2.46. The zero-order chi connectivity index (χ0) is 25.5. The third-order valence-corrected chi connectivity index (χ3v) is 9.99. The maximum Gasteiger partial charge on any atom is 0.433 e. The van der Waals surface area contributed by atoms with Gasteiger partial charge in [-0.25, -0.2) is 0 Å². The van der Waals surface area contributed by atoms with Gasteiger partial charge in [-0.15, -0.1) is 0 Å². The lowest BCUT2D eigenvalue weighted by atomic mass is 9.58. The van der Waals surface area contributed by atoms with E-state index in [0.29, 0.717) is 25.2 Å². The third-order valence-electron chi connectivity index (χ3n) is 8.63. The zero-order valence-corrected chi connectivity index (χ0v) is 22.5. The van der Waals surface area contributed by atoms with Crippen LogP contribution >= 0.6 is 22.6 Å². The fourth-order valence-electron chi connectivity index (χ4n) is 6.74. The fourth-order valence-corrected chi connectivity index (χ4v) is 7.77. The highest BCUT2D eigenvalue weighted by Crippen LogP contribution is 2.61. The summed E-state index contributed by atoms with van der Waals surface area (Å²) in [5, 5.41) is 11.6. The molecule has 2 aliphatic carbocycles. The third kappa shape index (κ3) is 3.74. The molecule has 4 atom stereocenters. The van der Waals surface area contributed by atoms with Gasteiger partial charge in [0.25, 0.3) is 0 Å². The Hall–Kier alpha value is -1.30. The monoisotopic (exact) mass is 614 g/mol. The Morgan fingerprint density at radius 3 is 2.53 bits per heavy atom. The molecule has 2 spiro atoms. The van der Waals surface area contributed by atoms with Crippen LogP contribution in [-0.2, 0) is 27.7 Å². The molecule has 9 heteroatoms. The van der Waals surface area contributed by atoms with Gasteiger partial charge in [-0.05, 0) is 43.1 Å². The summed E-state index contributed by atoms with van der Waals surface area (Å²) in [6.45, 7) is 5.20. The minimum absolute atomic E-state index is 0.0201. The van der Waals surface area contributed by atoms with Gasteiger partial charge in [0.2, 0.25) is 0 Å². The molecule has 1 saturated carbocycles. The molecule has 3 unspecified atom stereocenters. The lowest BCUT2D eigenvalue weighted by molar-refractivity contribution is -0.141. The Morgan fingerprint density at radius 1 is 1.17 bits per heavy atom. The molecule has 36 heavy (non-hydrogen) atoms. The summed E-state index contributed by atoms with van der Waals surface area (Å²) in [4.78, 5) is 8.91. The van der Waals surface area contributed by atoms with Crippen molar-refractivity contribution in [3.63, 3.8) is 0 Å². The van der Waals surface area contributed by atoms with Crippen LogP contribution in [0.5, 0.6) is 0 Å². The van der Waals surface area contributed by atoms with Crippen LogP contribution in [0.1, 0.15) is 103 Å². The molecule has 4 heterocycles. The van der Waals surface area contributed by atoms with E-state index in [4.69, 9.17) is 14.5 Å². The summed E-state index contributed by atoms with van der Waals surface area (Å²) >= 11 is 2.37. The first-order valence-electron chi connectivity index (χ1n) is 12.7. The van der Waals surface area contributed by atoms with Crippen molar-refractivity contribution in [1.29, 1.82) is 0 Å². The van der Waals surface area contributed by atoms with Crippen LogP contribution < -0.4 is 0 Å². The van der Waals surface area contributed by atoms with Gasteiger partial charge in [0, 0.05) is 52.9 Å². The number of hydrogen-bond donors (Lipinski definition) is 1. The van der Waals surface area contributed by atoms with Gasteiger partial charge < -0.3 is 14.6 Å². The minimum atomic E-state index is -4.51. The van der Waals surface area contributed by atoms with Crippen LogP contribution in [0.2, 0.25) is 0 Å². The summed E-state index contributed by atoms with van der Waals surface area (Å²) in [5.41, 5.74) is 3.74. The van der Waals surface area contributed by atoms with Crippen molar-refractivity contribution in [3.05, 3.63) is 57.7 Å². The SMILES string of the molecule is CC(C)c1nc2c(c3c1[C@@H](c1ccc(C(F)(F)F)nc1)OC31CCOCC1I)C(O)CC1(CCC1)C2. The van der Waals surface area contributed by atoms with Gasteiger partial charge in [-0.3, -0.25) is 9.97 Å². The Labute approximate surface area is 222 Å². The molecule has 1 saturated heterocycles. The van der Waals surface area contributed by atoms with E-state index in [1.807, 2.05) is 0 Å². The molecule has 0 amide bonds. The molecule has 2 fully saturated rings. The summed E-state index contributed by atoms with van der Waals surface area (Å²) in [6, 6.07) is 2.49. The highest BCUT2D eigenvalue weighted by molar-refractivity contribution is 14.1. The van der Waals surface area contributed by atoms with Gasteiger partial charge >= 0.3 is 6.18 Å². The molecule has 2 aromatic heterocycles. The molecular formula is C27H30F3IN2O3. The van der Waals surface area contributed by atoms with Gasteiger partial charge in [0.15, 0.2) is 0 Å². The molecule has 1 N–H and O–H groups in total. The van der Waals surface area contributed by atoms with E-state index in [1.54, 1.807) is 0 Å². The average molecular weight is 614 g/mol. The Morgan fingerprint density at radius 2 is 1.94 bits per heavy atom. The van der Waals surface area contributed by atoms with Crippen LogP contribution in [-0.4, -0.2) is 32.2 Å². The van der Waals surface area contributed by atoms with Gasteiger partial charge in [0.05, 0.1) is 16.6 Å². The molecule has 0 bridgehead atoms. The molecule has 6 rings (SSSR count). The number of halogens is 4. The van der Waals surface area contributed by atoms with Crippen molar-refractivity contribution in [3.8, 4) is 0 Å². The molecule has 2 aliphatic heterocycles. The second kappa shape index (κ2) is 8.61. The van der Waals surface area contributed by atoms with Crippen molar-refractivity contribution in [2.45, 2.75) is 86.2 Å². The normalized spacial score (nSPS) is 30.9. The van der Waals surface area contributed by atoms with E-state index in [2.05, 4.69) is 41.4 Å². The van der Waals surface area contributed by atoms with E-state index in [9.17, 15) is 18.3 Å². The number of nitrogens with zero attached hydrogens (tertiary/aromatic N) is 2. The summed E-state index contributed by atoms with van der Waals surface area (Å²) in [6.07, 6.45) is 1.15. The molecule has 4 aliphatic rings. The number of aliphatic hydroxyl groups excluding tert-OH is 1. The average Bonchev–Trinajstić information content (AvgIpc) is 3.14. The van der Waals surface area contributed by atoms with E-state index in [1.165, 1.54) is 18.7 Å². The minimum Gasteiger partial charge on any atom is -0.388 e. The molecule has 0 radical (unpaired) electrons. The van der Waals surface area contributed by atoms with E-state index in [-0.39, 0.29) is 15.3 Å². The number of alkyl halides is 4. The zero-order valence-electron chi connectivity index (χ0n) is 20.4. The molecular weight excluding hydrogens is 584 g/mol. The Bertz CT molecular complexity index is 1180. The van der Waals surface area contributed by atoms with E-state index in [0.717, 1.165) is 59.8 Å². The van der Waals surface area contributed by atoms with Crippen LogP contribution in [0.3, 0.4) is 0 Å². The Balaban J connectivity index is 1.57. The largest absolute Gasteiger partial charge is 0.433 e. The van der Waals surface area contributed by atoms with Gasteiger partial charge in [-0.1, -0.05) is 48.9 Å². The fraction of sp³-hybridized carbons (Fsp3) is 0.630. The number of aliphatic hydroxyl groups is 1. The maximum absolute atomic E-state index is 13.2. The number of rotatable bonds is 2. The lowest BCUT2D eigenvalue weighted by Gasteiger charge is -2.48. The standard InChI is InChI=1S/C27H30F3IN2O3/c1-14(2)23-21-22(20-16(33-23)10-25(6-3-7-25)11-17(20)34)26(8-9-35-13-18(26)31)36-24(21)15-4-5-19(32-12-15)27(28,29)30/h4-5,12,14,17-18,24,34H,3,6-11,13H2,1-2H3/t17?,18?,24-,26?/m1/s1.